The summed E-state index contributed by atoms with van der Waals surface area (Å²) in [5.74, 6) is -2.07. The average Bonchev–Trinajstić information content (AvgIpc) is 2.30. The van der Waals surface area contributed by atoms with Crippen LogP contribution >= 0.6 is 0 Å². The zero-order valence-corrected chi connectivity index (χ0v) is 10.3. The van der Waals surface area contributed by atoms with Gasteiger partial charge in [-0.2, -0.15) is 0 Å². The van der Waals surface area contributed by atoms with E-state index in [-0.39, 0.29) is 24.1 Å². The van der Waals surface area contributed by atoms with Crippen LogP contribution in [-0.4, -0.2) is 23.0 Å². The smallest absolute Gasteiger partial charge is 0.326 e. The SMILES string of the molecule is CC(C)C(=O)N[C@H](Cc1ccc(F)cc1)C(=O)O. The number of carbonyl (C=O) groups excluding carboxylic acids is 1. The molecule has 0 heterocycles. The second kappa shape index (κ2) is 6.14. The van der Waals surface area contributed by atoms with Crippen LogP contribution in [0.25, 0.3) is 0 Å². The van der Waals surface area contributed by atoms with Gasteiger partial charge >= 0.3 is 5.97 Å². The molecule has 0 aliphatic rings. The summed E-state index contributed by atoms with van der Waals surface area (Å²) in [6.45, 7) is 3.37. The minimum atomic E-state index is -1.10. The molecule has 0 radical (unpaired) electrons. The Labute approximate surface area is 105 Å². The van der Waals surface area contributed by atoms with Crippen LogP contribution in [0.3, 0.4) is 0 Å². The Morgan fingerprint density at radius 3 is 2.28 bits per heavy atom. The van der Waals surface area contributed by atoms with E-state index in [1.165, 1.54) is 24.3 Å². The summed E-state index contributed by atoms with van der Waals surface area (Å²) >= 11 is 0. The highest BCUT2D eigenvalue weighted by molar-refractivity contribution is 5.84. The zero-order valence-electron chi connectivity index (χ0n) is 10.3. The summed E-state index contributed by atoms with van der Waals surface area (Å²) < 4.78 is 12.7. The maximum atomic E-state index is 12.7. The number of carboxylic acid groups (broad SMARTS) is 1. The molecule has 1 atom stereocenters. The number of carboxylic acids is 1. The Kier molecular flexibility index (Phi) is 4.83. The molecule has 4 nitrogen and oxygen atoms in total. The maximum absolute atomic E-state index is 12.7. The van der Waals surface area contributed by atoms with E-state index >= 15 is 0 Å². The second-order valence-corrected chi connectivity index (χ2v) is 4.38. The molecule has 0 aliphatic carbocycles. The van der Waals surface area contributed by atoms with Gasteiger partial charge in [-0.15, -0.1) is 0 Å². The first-order chi connectivity index (χ1) is 8.40. The summed E-state index contributed by atoms with van der Waals surface area (Å²) in [5, 5.41) is 11.5. The van der Waals surface area contributed by atoms with Crippen molar-refractivity contribution in [3.63, 3.8) is 0 Å². The van der Waals surface area contributed by atoms with Crippen LogP contribution in [0.1, 0.15) is 19.4 Å². The fourth-order valence-corrected chi connectivity index (χ4v) is 1.39. The van der Waals surface area contributed by atoms with Crippen molar-refractivity contribution in [2.45, 2.75) is 26.3 Å². The topological polar surface area (TPSA) is 66.4 Å². The van der Waals surface area contributed by atoms with Gasteiger partial charge in [-0.25, -0.2) is 9.18 Å². The zero-order chi connectivity index (χ0) is 13.7. The molecule has 98 valence electrons. The van der Waals surface area contributed by atoms with Crippen molar-refractivity contribution in [2.75, 3.05) is 0 Å². The van der Waals surface area contributed by atoms with Crippen molar-refractivity contribution in [3.05, 3.63) is 35.6 Å². The quantitative estimate of drug-likeness (QED) is 0.837. The first kappa shape index (κ1) is 14.2. The molecule has 1 amide bonds. The van der Waals surface area contributed by atoms with Crippen molar-refractivity contribution >= 4 is 11.9 Å². The van der Waals surface area contributed by atoms with E-state index < -0.39 is 12.0 Å². The number of amides is 1. The first-order valence-corrected chi connectivity index (χ1v) is 5.67. The highest BCUT2D eigenvalue weighted by Crippen LogP contribution is 2.07. The number of benzene rings is 1. The maximum Gasteiger partial charge on any atom is 0.326 e. The largest absolute Gasteiger partial charge is 0.480 e. The molecule has 18 heavy (non-hydrogen) atoms. The third-order valence-corrected chi connectivity index (χ3v) is 2.49. The molecular formula is C13H16FNO3. The van der Waals surface area contributed by atoms with Gasteiger partial charge in [0.1, 0.15) is 11.9 Å². The fraction of sp³-hybridized carbons (Fsp3) is 0.385. The molecular weight excluding hydrogens is 237 g/mol. The lowest BCUT2D eigenvalue weighted by atomic mass is 10.0. The molecule has 0 aliphatic heterocycles. The summed E-state index contributed by atoms with van der Waals surface area (Å²) in [5.41, 5.74) is 0.660. The van der Waals surface area contributed by atoms with E-state index in [2.05, 4.69) is 5.32 Å². The Hall–Kier alpha value is -1.91. The van der Waals surface area contributed by atoms with Crippen molar-refractivity contribution in [3.8, 4) is 0 Å². The molecule has 1 rings (SSSR count). The molecule has 0 aromatic heterocycles. The molecule has 0 bridgehead atoms. The van der Waals surface area contributed by atoms with Crippen molar-refractivity contribution in [1.82, 2.24) is 5.32 Å². The van der Waals surface area contributed by atoms with Crippen LogP contribution in [0, 0.1) is 11.7 Å². The van der Waals surface area contributed by atoms with Crippen LogP contribution in [0.15, 0.2) is 24.3 Å². The number of hydrogen-bond donors (Lipinski definition) is 2. The highest BCUT2D eigenvalue weighted by Gasteiger charge is 2.21. The normalized spacial score (nSPS) is 12.2. The van der Waals surface area contributed by atoms with Crippen LogP contribution < -0.4 is 5.32 Å². The number of carbonyl (C=O) groups is 2. The van der Waals surface area contributed by atoms with Gasteiger partial charge < -0.3 is 10.4 Å². The van der Waals surface area contributed by atoms with E-state index in [1.807, 2.05) is 0 Å². The molecule has 0 saturated heterocycles. The van der Waals surface area contributed by atoms with Gasteiger partial charge in [-0.05, 0) is 17.7 Å². The fourth-order valence-electron chi connectivity index (χ4n) is 1.39. The van der Waals surface area contributed by atoms with Crippen molar-refractivity contribution in [1.29, 1.82) is 0 Å². The van der Waals surface area contributed by atoms with Gasteiger partial charge in [0.2, 0.25) is 5.91 Å². The Balaban J connectivity index is 2.72. The van der Waals surface area contributed by atoms with Gasteiger partial charge in [-0.3, -0.25) is 4.79 Å². The lowest BCUT2D eigenvalue weighted by Gasteiger charge is -2.16. The molecule has 0 spiro atoms. The molecule has 0 saturated carbocycles. The molecule has 1 aromatic rings. The van der Waals surface area contributed by atoms with Crippen LogP contribution in [0.4, 0.5) is 4.39 Å². The predicted octanol–water partition coefficient (Wildman–Crippen LogP) is 1.59. The third-order valence-electron chi connectivity index (χ3n) is 2.49. The van der Waals surface area contributed by atoms with Gasteiger partial charge in [0.25, 0.3) is 0 Å². The minimum Gasteiger partial charge on any atom is -0.480 e. The summed E-state index contributed by atoms with van der Waals surface area (Å²) in [6.07, 6.45) is 0.133. The number of hydrogen-bond acceptors (Lipinski definition) is 2. The van der Waals surface area contributed by atoms with E-state index in [0.717, 1.165) is 0 Å². The standard InChI is InChI=1S/C13H16FNO3/c1-8(2)12(16)15-11(13(17)18)7-9-3-5-10(14)6-4-9/h3-6,8,11H,7H2,1-2H3,(H,15,16)(H,17,18)/t11-/m1/s1. The van der Waals surface area contributed by atoms with E-state index in [1.54, 1.807) is 13.8 Å². The van der Waals surface area contributed by atoms with Crippen molar-refractivity contribution in [2.24, 2.45) is 5.92 Å². The molecule has 2 N–H and O–H groups in total. The summed E-state index contributed by atoms with van der Waals surface area (Å²) in [6, 6.07) is 4.54. The molecule has 5 heteroatoms. The molecule has 0 unspecified atom stereocenters. The monoisotopic (exact) mass is 253 g/mol. The summed E-state index contributed by atoms with van der Waals surface area (Å²) in [4.78, 5) is 22.5. The number of halogens is 1. The lowest BCUT2D eigenvalue weighted by molar-refractivity contribution is -0.142. The number of aliphatic carboxylic acids is 1. The van der Waals surface area contributed by atoms with Crippen LogP contribution in [-0.2, 0) is 16.0 Å². The molecule has 1 aromatic carbocycles. The molecule has 0 fully saturated rings. The second-order valence-electron chi connectivity index (χ2n) is 4.38. The van der Waals surface area contributed by atoms with Crippen LogP contribution in [0.5, 0.6) is 0 Å². The lowest BCUT2D eigenvalue weighted by Crippen LogP contribution is -2.44. The Morgan fingerprint density at radius 2 is 1.83 bits per heavy atom. The van der Waals surface area contributed by atoms with Gasteiger partial charge in [0, 0.05) is 12.3 Å². The van der Waals surface area contributed by atoms with Gasteiger partial charge in [0.05, 0.1) is 0 Å². The van der Waals surface area contributed by atoms with E-state index in [9.17, 15) is 14.0 Å². The number of nitrogens with one attached hydrogen (secondary N) is 1. The Bertz CT molecular complexity index is 428. The average molecular weight is 253 g/mol. The van der Waals surface area contributed by atoms with Crippen molar-refractivity contribution < 1.29 is 19.1 Å². The highest BCUT2D eigenvalue weighted by atomic mass is 19.1. The van der Waals surface area contributed by atoms with E-state index in [4.69, 9.17) is 5.11 Å². The minimum absolute atomic E-state index is 0.133. The first-order valence-electron chi connectivity index (χ1n) is 5.67. The summed E-state index contributed by atoms with van der Waals surface area (Å²) in [7, 11) is 0. The van der Waals surface area contributed by atoms with E-state index in [0.29, 0.717) is 5.56 Å². The van der Waals surface area contributed by atoms with Gasteiger partial charge in [0.15, 0.2) is 0 Å². The van der Waals surface area contributed by atoms with Gasteiger partial charge in [-0.1, -0.05) is 26.0 Å². The Morgan fingerprint density at radius 1 is 1.28 bits per heavy atom. The number of rotatable bonds is 5. The third kappa shape index (κ3) is 4.16. The predicted molar refractivity (Wildman–Crippen MR) is 64.5 cm³/mol. The van der Waals surface area contributed by atoms with Crippen LogP contribution in [0.2, 0.25) is 0 Å².